The zero-order valence-electron chi connectivity index (χ0n) is 17.7. The van der Waals surface area contributed by atoms with Crippen LogP contribution in [0.3, 0.4) is 0 Å². The van der Waals surface area contributed by atoms with Crippen molar-refractivity contribution in [1.29, 1.82) is 0 Å². The number of hydrogen-bond donors (Lipinski definition) is 0. The van der Waals surface area contributed by atoms with Crippen molar-refractivity contribution in [2.24, 2.45) is 5.10 Å². The number of ether oxygens (including phenoxy) is 1. The fraction of sp³-hybridized carbons (Fsp3) is 0.125. The van der Waals surface area contributed by atoms with Gasteiger partial charge in [-0.15, -0.1) is 0 Å². The Morgan fingerprint density at radius 3 is 2.59 bits per heavy atom. The molecule has 0 aliphatic carbocycles. The quantitative estimate of drug-likeness (QED) is 0.201. The lowest BCUT2D eigenvalue weighted by Gasteiger charge is -2.13. The Bertz CT molecular complexity index is 1490. The van der Waals surface area contributed by atoms with Gasteiger partial charge in [0.25, 0.3) is 5.56 Å². The molecule has 0 saturated carbocycles. The lowest BCUT2D eigenvalue weighted by molar-refractivity contribution is 0.304. The number of fused-ring (bicyclic) bond motifs is 1. The van der Waals surface area contributed by atoms with Crippen molar-refractivity contribution in [2.45, 2.75) is 20.0 Å². The molecule has 0 amide bonds. The van der Waals surface area contributed by atoms with Gasteiger partial charge in [-0.1, -0.05) is 63.7 Å². The molecular formula is C24H16Br2Cl3N3O2. The van der Waals surface area contributed by atoms with Crippen LogP contribution in [0, 0.1) is 0 Å². The zero-order chi connectivity index (χ0) is 24.4. The molecular weight excluding hydrogens is 628 g/mol. The smallest absolute Gasteiger partial charge is 0.282 e. The van der Waals surface area contributed by atoms with Crippen molar-refractivity contribution in [3.05, 3.63) is 99.8 Å². The van der Waals surface area contributed by atoms with Crippen LogP contribution in [0.5, 0.6) is 5.75 Å². The molecule has 0 saturated heterocycles. The van der Waals surface area contributed by atoms with E-state index in [9.17, 15) is 4.79 Å². The van der Waals surface area contributed by atoms with Gasteiger partial charge in [0.05, 0.1) is 31.6 Å². The fourth-order valence-corrected chi connectivity index (χ4v) is 4.91. The number of aryl methyl sites for hydroxylation is 1. The van der Waals surface area contributed by atoms with E-state index in [0.29, 0.717) is 54.0 Å². The third kappa shape index (κ3) is 5.50. The fourth-order valence-electron chi connectivity index (χ4n) is 3.28. The summed E-state index contributed by atoms with van der Waals surface area (Å²) >= 11 is 25.3. The van der Waals surface area contributed by atoms with Crippen LogP contribution in [0.4, 0.5) is 0 Å². The minimum atomic E-state index is -0.265. The molecule has 4 aromatic rings. The summed E-state index contributed by atoms with van der Waals surface area (Å²) in [5.74, 6) is 1.05. The van der Waals surface area contributed by atoms with E-state index in [1.54, 1.807) is 36.4 Å². The highest BCUT2D eigenvalue weighted by Gasteiger charge is 2.13. The minimum absolute atomic E-state index is 0.240. The molecule has 0 aliphatic heterocycles. The highest BCUT2D eigenvalue weighted by Crippen LogP contribution is 2.33. The normalized spacial score (nSPS) is 11.5. The molecule has 5 nitrogen and oxygen atoms in total. The van der Waals surface area contributed by atoms with Crippen LogP contribution >= 0.6 is 66.7 Å². The summed E-state index contributed by atoms with van der Waals surface area (Å²) in [6.07, 6.45) is 2.06. The number of hydrogen-bond acceptors (Lipinski definition) is 4. The first-order valence-corrected chi connectivity index (χ1v) is 12.8. The van der Waals surface area contributed by atoms with Crippen LogP contribution < -0.4 is 10.3 Å². The molecule has 0 atom stereocenters. The average molecular weight is 645 g/mol. The highest BCUT2D eigenvalue weighted by molar-refractivity contribution is 9.10. The monoisotopic (exact) mass is 641 g/mol. The largest absolute Gasteiger partial charge is 0.487 e. The van der Waals surface area contributed by atoms with Gasteiger partial charge in [0.15, 0.2) is 0 Å². The Morgan fingerprint density at radius 2 is 1.85 bits per heavy atom. The van der Waals surface area contributed by atoms with E-state index in [2.05, 4.69) is 41.9 Å². The SMILES string of the molecule is CCc1nc2ccc(Br)cc2c(=O)n1N=Cc1cc(Cl)cc(Br)c1OCc1ccc(Cl)c(Cl)c1. The zero-order valence-corrected chi connectivity index (χ0v) is 23.1. The second kappa shape index (κ2) is 10.8. The van der Waals surface area contributed by atoms with Crippen LogP contribution in [0.15, 0.2) is 67.4 Å². The molecule has 0 spiro atoms. The second-order valence-electron chi connectivity index (χ2n) is 7.25. The summed E-state index contributed by atoms with van der Waals surface area (Å²) in [5.41, 5.74) is 1.78. The number of rotatable bonds is 6. The lowest BCUT2D eigenvalue weighted by atomic mass is 10.2. The second-order valence-corrected chi connectivity index (χ2v) is 10.3. The standard InChI is InChI=1S/C24H16Br2Cl3N3O2/c1-2-22-31-21-6-4-15(25)9-17(21)24(33)32(22)30-11-14-8-16(27)10-18(26)23(14)34-12-13-3-5-19(28)20(29)7-13/h3-11H,2,12H2,1H3. The topological polar surface area (TPSA) is 56.5 Å². The third-order valence-corrected chi connectivity index (χ3v) is 6.95. The third-order valence-electron chi connectivity index (χ3n) is 4.91. The van der Waals surface area contributed by atoms with Crippen LogP contribution in [-0.4, -0.2) is 15.9 Å². The van der Waals surface area contributed by atoms with E-state index in [0.717, 1.165) is 10.0 Å². The van der Waals surface area contributed by atoms with Gasteiger partial charge in [0.1, 0.15) is 18.2 Å². The van der Waals surface area contributed by atoms with E-state index in [4.69, 9.17) is 39.5 Å². The predicted molar refractivity (Wildman–Crippen MR) is 146 cm³/mol. The summed E-state index contributed by atoms with van der Waals surface area (Å²) < 4.78 is 8.79. The van der Waals surface area contributed by atoms with E-state index in [1.807, 2.05) is 19.1 Å². The Balaban J connectivity index is 1.73. The van der Waals surface area contributed by atoms with E-state index in [1.165, 1.54) is 10.9 Å². The van der Waals surface area contributed by atoms with Crippen molar-refractivity contribution in [3.8, 4) is 5.75 Å². The van der Waals surface area contributed by atoms with Crippen molar-refractivity contribution in [1.82, 2.24) is 9.66 Å². The molecule has 0 unspecified atom stereocenters. The van der Waals surface area contributed by atoms with Gasteiger partial charge in [0.2, 0.25) is 0 Å². The molecule has 3 aromatic carbocycles. The lowest BCUT2D eigenvalue weighted by Crippen LogP contribution is -2.22. The molecule has 0 bridgehead atoms. The molecule has 0 aliphatic rings. The maximum absolute atomic E-state index is 13.2. The van der Waals surface area contributed by atoms with Gasteiger partial charge in [-0.2, -0.15) is 9.78 Å². The molecule has 10 heteroatoms. The van der Waals surface area contributed by atoms with E-state index in [-0.39, 0.29) is 12.2 Å². The van der Waals surface area contributed by atoms with Gasteiger partial charge in [-0.25, -0.2) is 4.98 Å². The van der Waals surface area contributed by atoms with Gasteiger partial charge in [0, 0.05) is 21.5 Å². The minimum Gasteiger partial charge on any atom is -0.487 e. The number of benzene rings is 3. The molecule has 0 fully saturated rings. The maximum atomic E-state index is 13.2. The van der Waals surface area contributed by atoms with Crippen LogP contribution in [0.2, 0.25) is 15.1 Å². The van der Waals surface area contributed by atoms with Gasteiger partial charge in [-0.3, -0.25) is 4.79 Å². The van der Waals surface area contributed by atoms with Gasteiger partial charge in [-0.05, 0) is 64.0 Å². The van der Waals surface area contributed by atoms with Crippen molar-refractivity contribution in [2.75, 3.05) is 0 Å². The molecule has 0 radical (unpaired) electrons. The predicted octanol–water partition coefficient (Wildman–Crippen LogP) is 7.91. The van der Waals surface area contributed by atoms with Gasteiger partial charge < -0.3 is 4.74 Å². The average Bonchev–Trinajstić information content (AvgIpc) is 2.80. The van der Waals surface area contributed by atoms with Crippen LogP contribution in [0.1, 0.15) is 23.9 Å². The van der Waals surface area contributed by atoms with Crippen LogP contribution in [0.25, 0.3) is 10.9 Å². The Morgan fingerprint density at radius 1 is 1.06 bits per heavy atom. The Kier molecular flexibility index (Phi) is 8.00. The molecule has 0 N–H and O–H groups in total. The molecule has 174 valence electrons. The van der Waals surface area contributed by atoms with Crippen molar-refractivity contribution in [3.63, 3.8) is 0 Å². The molecule has 4 rings (SSSR count). The summed E-state index contributed by atoms with van der Waals surface area (Å²) in [6, 6.07) is 14.1. The number of aromatic nitrogens is 2. The summed E-state index contributed by atoms with van der Waals surface area (Å²) in [6.45, 7) is 2.16. The molecule has 1 aromatic heterocycles. The van der Waals surface area contributed by atoms with E-state index < -0.39 is 0 Å². The summed E-state index contributed by atoms with van der Waals surface area (Å²) in [7, 11) is 0. The maximum Gasteiger partial charge on any atom is 0.282 e. The number of nitrogens with zero attached hydrogens (tertiary/aromatic N) is 3. The van der Waals surface area contributed by atoms with E-state index >= 15 is 0 Å². The summed E-state index contributed by atoms with van der Waals surface area (Å²) in [4.78, 5) is 17.8. The highest BCUT2D eigenvalue weighted by atomic mass is 79.9. The molecule has 1 heterocycles. The first-order valence-electron chi connectivity index (χ1n) is 10.1. The first-order chi connectivity index (χ1) is 16.3. The van der Waals surface area contributed by atoms with Crippen molar-refractivity contribution < 1.29 is 4.74 Å². The first kappa shape index (κ1) is 25.2. The molecule has 34 heavy (non-hydrogen) atoms. The Labute approximate surface area is 227 Å². The summed E-state index contributed by atoms with van der Waals surface area (Å²) in [5, 5.41) is 6.32. The number of halogens is 5. The van der Waals surface area contributed by atoms with Crippen LogP contribution in [-0.2, 0) is 13.0 Å². The Hall–Kier alpha value is -1.90. The van der Waals surface area contributed by atoms with Crippen molar-refractivity contribution >= 4 is 83.8 Å². The van der Waals surface area contributed by atoms with Gasteiger partial charge >= 0.3 is 0 Å².